The Balaban J connectivity index is 1.24. The zero-order valence-electron chi connectivity index (χ0n) is 17.9. The SMILES string of the molecule is O=C1NCCN2CCN(c3ccc(OCc4c(Cl)nnn4-c4ccc(C(F)F)cc4)nn3)C[C@@H]12. The van der Waals surface area contributed by atoms with Crippen LogP contribution in [-0.2, 0) is 11.4 Å². The fraction of sp³-hybridized carbons (Fsp3) is 0.381. The zero-order chi connectivity index (χ0) is 23.7. The number of halogens is 3. The second-order valence-corrected chi connectivity index (χ2v) is 8.30. The lowest BCUT2D eigenvalue weighted by Gasteiger charge is -2.43. The van der Waals surface area contributed by atoms with Gasteiger partial charge in [-0.3, -0.25) is 9.69 Å². The summed E-state index contributed by atoms with van der Waals surface area (Å²) in [7, 11) is 0. The maximum atomic E-state index is 12.8. The summed E-state index contributed by atoms with van der Waals surface area (Å²) in [5.74, 6) is 0.971. The molecule has 1 atom stereocenters. The lowest BCUT2D eigenvalue weighted by atomic mass is 10.1. The van der Waals surface area contributed by atoms with Gasteiger partial charge in [0.05, 0.1) is 5.69 Å². The van der Waals surface area contributed by atoms with E-state index < -0.39 is 6.43 Å². The molecule has 10 nitrogen and oxygen atoms in total. The number of benzene rings is 1. The van der Waals surface area contributed by atoms with Crippen molar-refractivity contribution in [2.24, 2.45) is 0 Å². The van der Waals surface area contributed by atoms with Gasteiger partial charge in [0, 0.05) is 44.4 Å². The Morgan fingerprint density at radius 2 is 1.91 bits per heavy atom. The van der Waals surface area contributed by atoms with Gasteiger partial charge < -0.3 is 15.0 Å². The fourth-order valence-electron chi connectivity index (χ4n) is 4.06. The number of alkyl halides is 2. The van der Waals surface area contributed by atoms with Crippen molar-refractivity contribution in [3.63, 3.8) is 0 Å². The highest BCUT2D eigenvalue weighted by Gasteiger charge is 2.35. The molecule has 1 amide bonds. The molecule has 0 radical (unpaired) electrons. The number of rotatable bonds is 6. The molecule has 0 bridgehead atoms. The fourth-order valence-corrected chi connectivity index (χ4v) is 4.23. The quantitative estimate of drug-likeness (QED) is 0.558. The lowest BCUT2D eigenvalue weighted by Crippen LogP contribution is -2.64. The smallest absolute Gasteiger partial charge is 0.263 e. The molecule has 2 aliphatic rings. The van der Waals surface area contributed by atoms with Crippen LogP contribution in [0.4, 0.5) is 14.6 Å². The maximum absolute atomic E-state index is 12.8. The van der Waals surface area contributed by atoms with E-state index >= 15 is 0 Å². The highest BCUT2D eigenvalue weighted by Crippen LogP contribution is 2.24. The third kappa shape index (κ3) is 4.50. The summed E-state index contributed by atoms with van der Waals surface area (Å²) >= 11 is 6.16. The van der Waals surface area contributed by atoms with E-state index in [0.717, 1.165) is 19.6 Å². The summed E-state index contributed by atoms with van der Waals surface area (Å²) < 4.78 is 32.8. The van der Waals surface area contributed by atoms with E-state index in [9.17, 15) is 13.6 Å². The van der Waals surface area contributed by atoms with E-state index in [2.05, 4.69) is 30.7 Å². The number of nitrogens with one attached hydrogen (secondary N) is 1. The van der Waals surface area contributed by atoms with Crippen molar-refractivity contribution in [1.29, 1.82) is 0 Å². The molecule has 5 rings (SSSR count). The summed E-state index contributed by atoms with van der Waals surface area (Å²) in [5, 5.41) is 19.2. The summed E-state index contributed by atoms with van der Waals surface area (Å²) in [6, 6.07) is 8.95. The Hall–Kier alpha value is -3.38. The number of aromatic nitrogens is 5. The van der Waals surface area contributed by atoms with Crippen LogP contribution in [0.15, 0.2) is 36.4 Å². The number of hydrogen-bond donors (Lipinski definition) is 1. The van der Waals surface area contributed by atoms with Gasteiger partial charge in [-0.05, 0) is 18.2 Å². The minimum Gasteiger partial charge on any atom is -0.470 e. The highest BCUT2D eigenvalue weighted by molar-refractivity contribution is 6.30. The first kappa shape index (κ1) is 22.4. The molecule has 2 saturated heterocycles. The number of piperazine rings is 2. The molecular formula is C21H21ClF2N8O2. The third-order valence-corrected chi connectivity index (χ3v) is 6.20. The summed E-state index contributed by atoms with van der Waals surface area (Å²) in [5.41, 5.74) is 0.875. The Morgan fingerprint density at radius 1 is 1.09 bits per heavy atom. The minimum absolute atomic E-state index is 0.00260. The molecule has 13 heteroatoms. The molecule has 2 aliphatic heterocycles. The van der Waals surface area contributed by atoms with E-state index in [4.69, 9.17) is 16.3 Å². The first-order valence-electron chi connectivity index (χ1n) is 10.7. The van der Waals surface area contributed by atoms with E-state index in [1.54, 1.807) is 12.1 Å². The average molecular weight is 491 g/mol. The van der Waals surface area contributed by atoms with Gasteiger partial charge in [-0.2, -0.15) is 0 Å². The number of ether oxygens (including phenoxy) is 1. The number of anilines is 1. The third-order valence-electron chi connectivity index (χ3n) is 5.90. The molecule has 178 valence electrons. The van der Waals surface area contributed by atoms with Crippen LogP contribution < -0.4 is 15.0 Å². The summed E-state index contributed by atoms with van der Waals surface area (Å²) in [6.45, 7) is 3.62. The van der Waals surface area contributed by atoms with E-state index in [1.165, 1.54) is 28.9 Å². The van der Waals surface area contributed by atoms with Crippen LogP contribution in [0.5, 0.6) is 5.88 Å². The number of fused-ring (bicyclic) bond motifs is 1. The van der Waals surface area contributed by atoms with Crippen molar-refractivity contribution >= 4 is 23.3 Å². The van der Waals surface area contributed by atoms with Crippen molar-refractivity contribution in [2.45, 2.75) is 19.1 Å². The Kier molecular flexibility index (Phi) is 6.24. The molecule has 0 spiro atoms. The number of hydrogen-bond acceptors (Lipinski definition) is 8. The van der Waals surface area contributed by atoms with Crippen LogP contribution in [0.1, 0.15) is 17.7 Å². The number of nitrogens with zero attached hydrogens (tertiary/aromatic N) is 7. The van der Waals surface area contributed by atoms with Crippen LogP contribution in [-0.4, -0.2) is 74.8 Å². The molecule has 3 aromatic rings. The second kappa shape index (κ2) is 9.47. The number of carbonyl (C=O) groups is 1. The molecule has 1 aromatic carbocycles. The first-order chi connectivity index (χ1) is 16.5. The highest BCUT2D eigenvalue weighted by atomic mass is 35.5. The molecule has 0 unspecified atom stereocenters. The van der Waals surface area contributed by atoms with Gasteiger partial charge in [0.25, 0.3) is 6.43 Å². The zero-order valence-corrected chi connectivity index (χ0v) is 18.7. The van der Waals surface area contributed by atoms with Crippen LogP contribution >= 0.6 is 11.6 Å². The maximum Gasteiger partial charge on any atom is 0.263 e. The van der Waals surface area contributed by atoms with Crippen molar-refractivity contribution < 1.29 is 18.3 Å². The standard InChI is InChI=1S/C21H21ClF2N8O2/c22-19-16(32(29-28-19)14-3-1-13(2-4-14)20(23)24)12-34-18-6-5-17(26-27-18)31-10-9-30-8-7-25-21(33)15(30)11-31/h1-6,15,20H,7-12H2,(H,25,33)/t15-/m0/s1. The van der Waals surface area contributed by atoms with Crippen molar-refractivity contribution in [1.82, 2.24) is 35.4 Å². The largest absolute Gasteiger partial charge is 0.470 e. The van der Waals surface area contributed by atoms with Gasteiger partial charge in [0.15, 0.2) is 11.0 Å². The van der Waals surface area contributed by atoms with Gasteiger partial charge in [-0.15, -0.1) is 15.3 Å². The molecule has 4 heterocycles. The first-order valence-corrected chi connectivity index (χ1v) is 11.1. The van der Waals surface area contributed by atoms with Gasteiger partial charge in [0.1, 0.15) is 18.3 Å². The Bertz CT molecular complexity index is 1160. The van der Waals surface area contributed by atoms with Gasteiger partial charge in [-0.1, -0.05) is 28.9 Å². The second-order valence-electron chi connectivity index (χ2n) is 7.94. The lowest BCUT2D eigenvalue weighted by molar-refractivity contribution is -0.129. The molecule has 1 N–H and O–H groups in total. The van der Waals surface area contributed by atoms with Crippen LogP contribution in [0.3, 0.4) is 0 Å². The average Bonchev–Trinajstić information content (AvgIpc) is 3.23. The van der Waals surface area contributed by atoms with Crippen molar-refractivity contribution in [2.75, 3.05) is 37.6 Å². The topological polar surface area (TPSA) is 101 Å². The summed E-state index contributed by atoms with van der Waals surface area (Å²) in [6.07, 6.45) is -2.55. The van der Waals surface area contributed by atoms with E-state index in [0.29, 0.717) is 30.3 Å². The van der Waals surface area contributed by atoms with Crippen LogP contribution in [0, 0.1) is 0 Å². The van der Waals surface area contributed by atoms with Gasteiger partial charge >= 0.3 is 0 Å². The molecular weight excluding hydrogens is 470 g/mol. The van der Waals surface area contributed by atoms with Gasteiger partial charge in [0.2, 0.25) is 11.8 Å². The van der Waals surface area contributed by atoms with Crippen molar-refractivity contribution in [3.05, 3.63) is 52.8 Å². The number of amides is 1. The predicted octanol–water partition coefficient (Wildman–Crippen LogP) is 1.85. The van der Waals surface area contributed by atoms with E-state index in [1.807, 2.05) is 4.90 Å². The molecule has 2 fully saturated rings. The minimum atomic E-state index is -2.55. The molecule has 34 heavy (non-hydrogen) atoms. The van der Waals surface area contributed by atoms with E-state index in [-0.39, 0.29) is 35.2 Å². The monoisotopic (exact) mass is 490 g/mol. The van der Waals surface area contributed by atoms with Crippen LogP contribution in [0.2, 0.25) is 5.15 Å². The molecule has 0 aliphatic carbocycles. The molecule has 0 saturated carbocycles. The Labute approximate surface area is 198 Å². The number of carbonyl (C=O) groups excluding carboxylic acids is 1. The summed E-state index contributed by atoms with van der Waals surface area (Å²) in [4.78, 5) is 16.4. The Morgan fingerprint density at radius 3 is 2.65 bits per heavy atom. The predicted molar refractivity (Wildman–Crippen MR) is 118 cm³/mol. The normalized spacial score (nSPS) is 18.6. The molecule has 2 aromatic heterocycles. The van der Waals surface area contributed by atoms with Gasteiger partial charge in [-0.25, -0.2) is 13.5 Å². The van der Waals surface area contributed by atoms with Crippen LogP contribution in [0.25, 0.3) is 5.69 Å². The van der Waals surface area contributed by atoms with Crippen molar-refractivity contribution in [3.8, 4) is 11.6 Å².